The zero-order valence-corrected chi connectivity index (χ0v) is 21.1. The van der Waals surface area contributed by atoms with Crippen molar-refractivity contribution < 1.29 is 0 Å². The van der Waals surface area contributed by atoms with Gasteiger partial charge in [-0.05, 0) is 89.7 Å². The maximum atomic E-state index is 6.85. The third-order valence-electron chi connectivity index (χ3n) is 9.05. The van der Waals surface area contributed by atoms with Crippen LogP contribution < -0.4 is 0 Å². The molecule has 0 spiro atoms. The van der Waals surface area contributed by atoms with Gasteiger partial charge in [-0.3, -0.25) is 0 Å². The van der Waals surface area contributed by atoms with E-state index in [2.05, 4.69) is 107 Å². The lowest BCUT2D eigenvalue weighted by molar-refractivity contribution is 0.660. The van der Waals surface area contributed by atoms with Crippen molar-refractivity contribution in [2.75, 3.05) is 0 Å². The first kappa shape index (κ1) is 19.9. The van der Waals surface area contributed by atoms with Gasteiger partial charge in [0.05, 0.1) is 0 Å². The van der Waals surface area contributed by atoms with Crippen molar-refractivity contribution in [3.63, 3.8) is 0 Å². The summed E-state index contributed by atoms with van der Waals surface area (Å²) in [7, 11) is 0. The third-order valence-corrected chi connectivity index (χ3v) is 9.27. The van der Waals surface area contributed by atoms with Gasteiger partial charge in [0.2, 0.25) is 0 Å². The molecule has 0 atom stereocenters. The first-order valence-electron chi connectivity index (χ1n) is 12.5. The number of benzene rings is 5. The molecule has 0 saturated heterocycles. The Kier molecular flexibility index (Phi) is 3.45. The van der Waals surface area contributed by atoms with Crippen LogP contribution in [0.4, 0.5) is 0 Å². The van der Waals surface area contributed by atoms with E-state index >= 15 is 0 Å². The summed E-state index contributed by atoms with van der Waals surface area (Å²) in [6.45, 7) is 9.41. The molecule has 3 aliphatic rings. The Balaban J connectivity index is 1.67. The Labute approximate surface area is 211 Å². The topological polar surface area (TPSA) is 0 Å². The second kappa shape index (κ2) is 6.07. The predicted molar refractivity (Wildman–Crippen MR) is 149 cm³/mol. The average molecular weight is 469 g/mol. The van der Waals surface area contributed by atoms with Gasteiger partial charge in [-0.2, -0.15) is 0 Å². The van der Waals surface area contributed by atoms with E-state index in [-0.39, 0.29) is 10.8 Å². The predicted octanol–water partition coefficient (Wildman–Crippen LogP) is 9.75. The number of hydrogen-bond donors (Lipinski definition) is 0. The van der Waals surface area contributed by atoms with Crippen LogP contribution in [-0.2, 0) is 10.8 Å². The largest absolute Gasteiger partial charge is 0.0843 e. The molecule has 0 bridgehead atoms. The summed E-state index contributed by atoms with van der Waals surface area (Å²) in [5.74, 6) is 0. The van der Waals surface area contributed by atoms with E-state index in [1.165, 1.54) is 77.5 Å². The van der Waals surface area contributed by atoms with Crippen molar-refractivity contribution in [2.24, 2.45) is 0 Å². The van der Waals surface area contributed by atoms with Crippen molar-refractivity contribution in [2.45, 2.75) is 38.5 Å². The molecule has 0 nitrogen and oxygen atoms in total. The molecule has 5 aromatic carbocycles. The molecule has 0 fully saturated rings. The van der Waals surface area contributed by atoms with Crippen LogP contribution in [-0.4, -0.2) is 0 Å². The van der Waals surface area contributed by atoms with Crippen LogP contribution in [0.3, 0.4) is 0 Å². The van der Waals surface area contributed by atoms with Crippen LogP contribution >= 0.6 is 11.6 Å². The number of hydrogen-bond acceptors (Lipinski definition) is 0. The first-order chi connectivity index (χ1) is 16.8. The molecule has 0 radical (unpaired) electrons. The molecule has 5 aromatic rings. The summed E-state index contributed by atoms with van der Waals surface area (Å²) in [4.78, 5) is 0. The summed E-state index contributed by atoms with van der Waals surface area (Å²) in [6, 6.07) is 29.6. The molecule has 0 amide bonds. The molecule has 0 aromatic heterocycles. The van der Waals surface area contributed by atoms with Crippen LogP contribution in [0.1, 0.15) is 49.9 Å². The molecule has 0 heterocycles. The van der Waals surface area contributed by atoms with Crippen molar-refractivity contribution >= 4 is 22.4 Å². The van der Waals surface area contributed by atoms with Gasteiger partial charge in [0, 0.05) is 15.9 Å². The van der Waals surface area contributed by atoms with Crippen LogP contribution in [0.15, 0.2) is 78.9 Å². The summed E-state index contributed by atoms with van der Waals surface area (Å²) in [5, 5.41) is 3.51. The number of halogens is 1. The van der Waals surface area contributed by atoms with Crippen LogP contribution in [0.5, 0.6) is 0 Å². The standard InChI is InChI=1S/C34H25Cl/c1-33(2)24-11-6-5-9-21(24)30-25(33)15-13-20-23-16-19(35)17-27-31(23)32-26(34(27,3)4)14-12-18-8-7-10-22(28(18)32)29(20)30/h5-17H,1-4H3. The molecule has 3 aliphatic carbocycles. The molecule has 168 valence electrons. The molecule has 1 heteroatoms. The SMILES string of the molecule is CC1(C)c2ccccc2-c2c1ccc1c2-c2cccc3ccc4c(c23)-c2c-1cc(Cl)cc2C4(C)C. The highest BCUT2D eigenvalue weighted by Crippen LogP contribution is 2.62. The second-order valence-corrected chi connectivity index (χ2v) is 11.9. The molecule has 0 N–H and O–H groups in total. The summed E-state index contributed by atoms with van der Waals surface area (Å²) >= 11 is 6.85. The van der Waals surface area contributed by atoms with E-state index in [0.717, 1.165) is 5.02 Å². The van der Waals surface area contributed by atoms with Gasteiger partial charge in [0.15, 0.2) is 0 Å². The molecular formula is C34H25Cl. The zero-order chi connectivity index (χ0) is 23.9. The van der Waals surface area contributed by atoms with E-state index in [0.29, 0.717) is 0 Å². The third kappa shape index (κ3) is 2.17. The van der Waals surface area contributed by atoms with E-state index in [4.69, 9.17) is 11.6 Å². The molecule has 0 unspecified atom stereocenters. The number of fused-ring (bicyclic) bond motifs is 7. The zero-order valence-electron chi connectivity index (χ0n) is 20.4. The molecule has 35 heavy (non-hydrogen) atoms. The maximum absolute atomic E-state index is 6.85. The second-order valence-electron chi connectivity index (χ2n) is 11.5. The van der Waals surface area contributed by atoms with E-state index in [1.54, 1.807) is 0 Å². The van der Waals surface area contributed by atoms with E-state index in [9.17, 15) is 0 Å². The molecule has 0 saturated carbocycles. The Bertz CT molecular complexity index is 1800. The van der Waals surface area contributed by atoms with Crippen molar-refractivity contribution in [1.29, 1.82) is 0 Å². The fourth-order valence-electron chi connectivity index (χ4n) is 7.39. The Hall–Kier alpha value is -3.35. The highest BCUT2D eigenvalue weighted by Gasteiger charge is 2.43. The fraction of sp³-hybridized carbons (Fsp3) is 0.176. The van der Waals surface area contributed by atoms with Gasteiger partial charge < -0.3 is 0 Å². The van der Waals surface area contributed by atoms with Crippen molar-refractivity contribution in [3.8, 4) is 44.5 Å². The monoisotopic (exact) mass is 468 g/mol. The summed E-state index contributed by atoms with van der Waals surface area (Å²) in [6.07, 6.45) is 0. The highest BCUT2D eigenvalue weighted by atomic mass is 35.5. The molecular weight excluding hydrogens is 444 g/mol. The van der Waals surface area contributed by atoms with Crippen LogP contribution in [0, 0.1) is 0 Å². The lowest BCUT2D eigenvalue weighted by atomic mass is 9.78. The van der Waals surface area contributed by atoms with Gasteiger partial charge in [-0.1, -0.05) is 106 Å². The maximum Gasteiger partial charge on any atom is 0.0415 e. The van der Waals surface area contributed by atoms with Gasteiger partial charge in [0.1, 0.15) is 0 Å². The average Bonchev–Trinajstić information content (AvgIpc) is 3.16. The quantitative estimate of drug-likeness (QED) is 0.208. The normalized spacial score (nSPS) is 16.6. The number of rotatable bonds is 0. The minimum atomic E-state index is -0.0888. The van der Waals surface area contributed by atoms with E-state index < -0.39 is 0 Å². The van der Waals surface area contributed by atoms with E-state index in [1.807, 2.05) is 0 Å². The van der Waals surface area contributed by atoms with Crippen molar-refractivity contribution in [1.82, 2.24) is 0 Å². The lowest BCUT2D eigenvalue weighted by Gasteiger charge is -2.25. The highest BCUT2D eigenvalue weighted by molar-refractivity contribution is 6.32. The van der Waals surface area contributed by atoms with Gasteiger partial charge >= 0.3 is 0 Å². The fourth-order valence-corrected chi connectivity index (χ4v) is 7.61. The van der Waals surface area contributed by atoms with Gasteiger partial charge in [0.25, 0.3) is 0 Å². The first-order valence-corrected chi connectivity index (χ1v) is 12.9. The lowest BCUT2D eigenvalue weighted by Crippen LogP contribution is -2.15. The molecule has 8 rings (SSSR count). The van der Waals surface area contributed by atoms with Crippen molar-refractivity contribution in [3.05, 3.63) is 106 Å². The van der Waals surface area contributed by atoms with Crippen LogP contribution in [0.25, 0.3) is 55.3 Å². The van der Waals surface area contributed by atoms with Crippen LogP contribution in [0.2, 0.25) is 5.02 Å². The smallest absolute Gasteiger partial charge is 0.0415 e. The summed E-state index contributed by atoms with van der Waals surface area (Å²) < 4.78 is 0. The van der Waals surface area contributed by atoms with Gasteiger partial charge in [-0.25, -0.2) is 0 Å². The van der Waals surface area contributed by atoms with Gasteiger partial charge in [-0.15, -0.1) is 0 Å². The Morgan fingerprint density at radius 2 is 1.20 bits per heavy atom. The Morgan fingerprint density at radius 1 is 0.486 bits per heavy atom. The summed E-state index contributed by atoms with van der Waals surface area (Å²) in [5.41, 5.74) is 16.2. The Morgan fingerprint density at radius 3 is 2.06 bits per heavy atom. The minimum absolute atomic E-state index is 0.0345. The minimum Gasteiger partial charge on any atom is -0.0843 e. The molecule has 0 aliphatic heterocycles.